The molecule has 0 unspecified atom stereocenters. The number of anilines is 1. The van der Waals surface area contributed by atoms with Gasteiger partial charge in [-0.2, -0.15) is 0 Å². The molecule has 0 saturated heterocycles. The van der Waals surface area contributed by atoms with Gasteiger partial charge in [0, 0.05) is 0 Å². The summed E-state index contributed by atoms with van der Waals surface area (Å²) in [5, 5.41) is 5.83. The molecule has 2 nitrogen and oxygen atoms in total. The van der Waals surface area contributed by atoms with Crippen molar-refractivity contribution in [1.29, 1.82) is 0 Å². The van der Waals surface area contributed by atoms with Gasteiger partial charge in [-0.25, -0.2) is 0 Å². The van der Waals surface area contributed by atoms with Gasteiger partial charge in [0.05, 0.1) is 0 Å². The molecule has 3 aromatic rings. The van der Waals surface area contributed by atoms with Gasteiger partial charge < -0.3 is 0 Å². The van der Waals surface area contributed by atoms with E-state index in [1.54, 1.807) is 6.92 Å². The van der Waals surface area contributed by atoms with Gasteiger partial charge in [0.1, 0.15) is 0 Å². The van der Waals surface area contributed by atoms with Crippen LogP contribution in [-0.4, -0.2) is 25.9 Å². The Labute approximate surface area is 143 Å². The topological polar surface area (TPSA) is 29.1 Å². The number of carbonyl (C=O) groups excluding carboxylic acids is 1. The zero-order valence-electron chi connectivity index (χ0n) is 12.9. The van der Waals surface area contributed by atoms with Crippen molar-refractivity contribution in [2.75, 3.05) is 5.32 Å². The monoisotopic (exact) mass is 367 g/mol. The molecule has 0 heterocycles. The number of nitrogens with one attached hydrogen (secondary N) is 1. The first kappa shape index (κ1) is 15.7. The Morgan fingerprint density at radius 3 is 2.48 bits per heavy atom. The molecular formula is C20H17NOSe. The van der Waals surface area contributed by atoms with E-state index in [4.69, 9.17) is 0 Å². The van der Waals surface area contributed by atoms with Crippen LogP contribution in [0.25, 0.3) is 10.8 Å². The molecule has 23 heavy (non-hydrogen) atoms. The molecule has 0 radical (unpaired) electrons. The average molecular weight is 366 g/mol. The van der Waals surface area contributed by atoms with Gasteiger partial charge in [-0.05, 0) is 0 Å². The zero-order valence-corrected chi connectivity index (χ0v) is 14.6. The molecule has 0 aliphatic carbocycles. The Morgan fingerprint density at radius 2 is 1.65 bits per heavy atom. The summed E-state index contributed by atoms with van der Waals surface area (Å²) >= 11 is 3.11. The Morgan fingerprint density at radius 1 is 0.957 bits per heavy atom. The summed E-state index contributed by atoms with van der Waals surface area (Å²) in [6, 6.07) is 22.5. The first-order chi connectivity index (χ1) is 11.1. The van der Waals surface area contributed by atoms with Crippen molar-refractivity contribution in [2.24, 2.45) is 0 Å². The third kappa shape index (κ3) is 3.58. The van der Waals surface area contributed by atoms with Gasteiger partial charge >= 0.3 is 144 Å². The van der Waals surface area contributed by atoms with E-state index in [1.807, 2.05) is 42.5 Å². The van der Waals surface area contributed by atoms with Crippen LogP contribution in [-0.2, 0) is 11.2 Å². The van der Waals surface area contributed by atoms with E-state index in [-0.39, 0.29) is 5.78 Å². The number of fused-ring (bicyclic) bond motifs is 1. The molecule has 1 N–H and O–H groups in total. The van der Waals surface area contributed by atoms with E-state index in [2.05, 4.69) is 45.2 Å². The first-order valence-corrected chi connectivity index (χ1v) is 8.37. The number of rotatable bonds is 5. The van der Waals surface area contributed by atoms with Crippen LogP contribution in [0.1, 0.15) is 18.1 Å². The molecule has 0 aromatic heterocycles. The predicted octanol–water partition coefficient (Wildman–Crippen LogP) is 3.73. The first-order valence-electron chi connectivity index (χ1n) is 7.51. The molecule has 0 bridgehead atoms. The summed E-state index contributed by atoms with van der Waals surface area (Å²) in [5.74, 6) is 0.162. The van der Waals surface area contributed by atoms with Crippen molar-refractivity contribution in [3.63, 3.8) is 0 Å². The Balaban J connectivity index is 1.94. The van der Waals surface area contributed by atoms with Crippen molar-refractivity contribution in [3.05, 3.63) is 77.9 Å². The van der Waals surface area contributed by atoms with Crippen LogP contribution in [0.15, 0.2) is 66.7 Å². The Bertz CT molecular complexity index is 880. The fraction of sp³-hybridized carbons (Fsp3) is 0.100. The summed E-state index contributed by atoms with van der Waals surface area (Å²) in [6.07, 6.45) is 0.443. The van der Waals surface area contributed by atoms with E-state index in [0.29, 0.717) is 6.42 Å². The van der Waals surface area contributed by atoms with E-state index in [0.717, 1.165) is 21.4 Å². The molecule has 3 rings (SSSR count). The fourth-order valence-corrected chi connectivity index (χ4v) is 3.34. The third-order valence-electron chi connectivity index (χ3n) is 3.74. The number of hydrogen-bond donors (Lipinski definition) is 1. The molecule has 0 atom stereocenters. The Hall–Kier alpha value is -2.22. The second-order valence-corrected chi connectivity index (χ2v) is 6.37. The summed E-state index contributed by atoms with van der Waals surface area (Å²) in [5.41, 5.74) is 3.12. The van der Waals surface area contributed by atoms with Crippen molar-refractivity contribution in [1.82, 2.24) is 0 Å². The molecule has 0 aliphatic heterocycles. The third-order valence-corrected chi connectivity index (χ3v) is 4.41. The molecule has 3 heteroatoms. The van der Waals surface area contributed by atoms with Crippen LogP contribution in [0.3, 0.4) is 0 Å². The minimum atomic E-state index is 0.162. The normalized spacial score (nSPS) is 10.5. The SMILES string of the molecule is CC(=O)Cc1ccccc1C(=[Se])Nc1cccc2ccccc12. The van der Waals surface area contributed by atoms with Gasteiger partial charge in [0.25, 0.3) is 0 Å². The standard InChI is InChI=1S/C20H17NOSe/c1-14(22)13-16-8-3-5-11-18(16)20(23)21-19-12-6-9-15-7-2-4-10-17(15)19/h2-12H,13H2,1H3,(H,21,23). The van der Waals surface area contributed by atoms with Gasteiger partial charge in [-0.1, -0.05) is 0 Å². The Kier molecular flexibility index (Phi) is 4.70. The minimum absolute atomic E-state index is 0.162. The molecular weight excluding hydrogens is 349 g/mol. The second kappa shape index (κ2) is 6.91. The number of Topliss-reactive ketones (excluding diaryl/α,β-unsaturated/α-hetero) is 1. The average Bonchev–Trinajstić information content (AvgIpc) is 2.55. The number of benzene rings is 3. The molecule has 114 valence electrons. The van der Waals surface area contributed by atoms with Gasteiger partial charge in [-0.3, -0.25) is 0 Å². The van der Waals surface area contributed by atoms with E-state index < -0.39 is 0 Å². The van der Waals surface area contributed by atoms with E-state index >= 15 is 0 Å². The molecule has 0 saturated carbocycles. The fourth-order valence-electron chi connectivity index (χ4n) is 2.69. The molecule has 3 aromatic carbocycles. The summed E-state index contributed by atoms with van der Waals surface area (Å²) in [6.45, 7) is 1.62. The van der Waals surface area contributed by atoms with Crippen molar-refractivity contribution in [3.8, 4) is 0 Å². The van der Waals surface area contributed by atoms with Crippen molar-refractivity contribution in [2.45, 2.75) is 13.3 Å². The van der Waals surface area contributed by atoms with Crippen LogP contribution in [0.2, 0.25) is 0 Å². The van der Waals surface area contributed by atoms with Crippen LogP contribution in [0.5, 0.6) is 0 Å². The maximum atomic E-state index is 11.5. The van der Waals surface area contributed by atoms with Crippen molar-refractivity contribution >= 4 is 42.4 Å². The number of hydrogen-bond acceptors (Lipinski definition) is 2. The van der Waals surface area contributed by atoms with E-state index in [1.165, 1.54) is 10.8 Å². The zero-order chi connectivity index (χ0) is 16.2. The quantitative estimate of drug-likeness (QED) is 0.698. The summed E-state index contributed by atoms with van der Waals surface area (Å²) < 4.78 is 0.929. The molecule has 0 amide bonds. The van der Waals surface area contributed by atoms with Crippen LogP contribution >= 0.6 is 0 Å². The second-order valence-electron chi connectivity index (χ2n) is 5.52. The van der Waals surface area contributed by atoms with Crippen LogP contribution in [0, 0.1) is 0 Å². The number of ketones is 1. The van der Waals surface area contributed by atoms with Gasteiger partial charge in [0.15, 0.2) is 0 Å². The van der Waals surface area contributed by atoms with Crippen molar-refractivity contribution < 1.29 is 4.79 Å². The molecule has 0 spiro atoms. The van der Waals surface area contributed by atoms with E-state index in [9.17, 15) is 4.79 Å². The van der Waals surface area contributed by atoms with Crippen LogP contribution in [0.4, 0.5) is 5.69 Å². The van der Waals surface area contributed by atoms with Gasteiger partial charge in [-0.15, -0.1) is 0 Å². The summed E-state index contributed by atoms with van der Waals surface area (Å²) in [7, 11) is 0. The summed E-state index contributed by atoms with van der Waals surface area (Å²) in [4.78, 5) is 11.5. The molecule has 0 fully saturated rings. The van der Waals surface area contributed by atoms with Gasteiger partial charge in [0.2, 0.25) is 0 Å². The maximum absolute atomic E-state index is 11.5. The molecule has 0 aliphatic rings. The number of carbonyl (C=O) groups is 1. The predicted molar refractivity (Wildman–Crippen MR) is 98.3 cm³/mol. The van der Waals surface area contributed by atoms with Crippen LogP contribution < -0.4 is 5.32 Å².